The van der Waals surface area contributed by atoms with E-state index in [0.717, 1.165) is 32.7 Å². The first-order chi connectivity index (χ1) is 8.75. The van der Waals surface area contributed by atoms with Crippen molar-refractivity contribution in [3.8, 4) is 0 Å². The van der Waals surface area contributed by atoms with Crippen molar-refractivity contribution in [3.63, 3.8) is 0 Å². The Morgan fingerprint density at radius 2 is 2.50 bits per heavy atom. The van der Waals surface area contributed by atoms with Crippen LogP contribution in [0.1, 0.15) is 18.2 Å². The van der Waals surface area contributed by atoms with Crippen molar-refractivity contribution < 1.29 is 4.74 Å². The first-order valence-corrected chi connectivity index (χ1v) is 7.67. The molecule has 1 aromatic heterocycles. The summed E-state index contributed by atoms with van der Waals surface area (Å²) in [5.74, 6) is 0. The number of likely N-dealkylation sites (N-methyl/N-ethyl adjacent to an activating group) is 1. The van der Waals surface area contributed by atoms with E-state index in [1.165, 1.54) is 11.3 Å². The topological polar surface area (TPSA) is 24.5 Å². The molecule has 1 fully saturated rings. The lowest BCUT2D eigenvalue weighted by Gasteiger charge is -2.29. The molecule has 1 aliphatic heterocycles. The zero-order valence-corrected chi connectivity index (χ0v) is 12.2. The minimum atomic E-state index is 0.537. The Morgan fingerprint density at radius 3 is 3.17 bits per heavy atom. The smallest absolute Gasteiger partial charge is 0.0620 e. The van der Waals surface area contributed by atoms with E-state index in [9.17, 15) is 0 Å². The molecule has 18 heavy (non-hydrogen) atoms. The maximum atomic E-state index is 5.48. The molecular weight excluding hydrogens is 244 g/mol. The van der Waals surface area contributed by atoms with Gasteiger partial charge >= 0.3 is 0 Å². The van der Waals surface area contributed by atoms with E-state index in [2.05, 4.69) is 41.7 Å². The summed E-state index contributed by atoms with van der Waals surface area (Å²) in [4.78, 5) is 3.93. The van der Waals surface area contributed by atoms with Crippen molar-refractivity contribution in [2.75, 3.05) is 33.4 Å². The fraction of sp³-hybridized carbons (Fsp3) is 0.714. The molecule has 0 aromatic carbocycles. The van der Waals surface area contributed by atoms with Crippen LogP contribution >= 0.6 is 11.3 Å². The van der Waals surface area contributed by atoms with Gasteiger partial charge in [0.1, 0.15) is 0 Å². The Labute approximate surface area is 114 Å². The molecule has 0 aliphatic carbocycles. The van der Waals surface area contributed by atoms with Crippen molar-refractivity contribution >= 4 is 11.3 Å². The molecule has 1 N–H and O–H groups in total. The number of rotatable bonds is 6. The summed E-state index contributed by atoms with van der Waals surface area (Å²) in [6.45, 7) is 6.17. The lowest BCUT2D eigenvalue weighted by molar-refractivity contribution is 0.0695. The highest BCUT2D eigenvalue weighted by Crippen LogP contribution is 2.14. The van der Waals surface area contributed by atoms with Crippen LogP contribution < -0.4 is 5.32 Å². The van der Waals surface area contributed by atoms with Gasteiger partial charge in [-0.15, -0.1) is 11.3 Å². The van der Waals surface area contributed by atoms with Crippen LogP contribution in [-0.4, -0.2) is 50.3 Å². The zero-order chi connectivity index (χ0) is 12.8. The average molecular weight is 268 g/mol. The lowest BCUT2D eigenvalue weighted by Crippen LogP contribution is -2.43. The standard InChI is InChI=1S/C14H24N2OS/c1-12(10-14-4-3-9-18-14)16(2)7-5-13-11-17-8-6-15-13/h3-4,9,12-13,15H,5-8,10-11H2,1-2H3. The molecule has 2 heterocycles. The van der Waals surface area contributed by atoms with Crippen molar-refractivity contribution in [2.24, 2.45) is 0 Å². The molecule has 3 nitrogen and oxygen atoms in total. The fourth-order valence-corrected chi connectivity index (χ4v) is 3.09. The van der Waals surface area contributed by atoms with Crippen molar-refractivity contribution in [2.45, 2.75) is 31.8 Å². The van der Waals surface area contributed by atoms with E-state index in [1.54, 1.807) is 0 Å². The van der Waals surface area contributed by atoms with Gasteiger partial charge in [0.25, 0.3) is 0 Å². The largest absolute Gasteiger partial charge is 0.379 e. The molecule has 1 saturated heterocycles. The number of hydrogen-bond donors (Lipinski definition) is 1. The Balaban J connectivity index is 1.68. The monoisotopic (exact) mass is 268 g/mol. The third kappa shape index (κ3) is 4.35. The lowest BCUT2D eigenvalue weighted by atomic mass is 10.1. The maximum Gasteiger partial charge on any atom is 0.0620 e. The van der Waals surface area contributed by atoms with E-state index < -0.39 is 0 Å². The minimum absolute atomic E-state index is 0.537. The predicted octanol–water partition coefficient (Wildman–Crippen LogP) is 1.99. The molecule has 0 radical (unpaired) electrons. The second-order valence-corrected chi connectivity index (χ2v) is 6.16. The molecule has 2 unspecified atom stereocenters. The summed E-state index contributed by atoms with van der Waals surface area (Å²) in [6.07, 6.45) is 2.33. The minimum Gasteiger partial charge on any atom is -0.379 e. The molecule has 1 aliphatic rings. The number of ether oxygens (including phenoxy) is 1. The van der Waals surface area contributed by atoms with E-state index in [4.69, 9.17) is 4.74 Å². The number of hydrogen-bond acceptors (Lipinski definition) is 4. The summed E-state index contributed by atoms with van der Waals surface area (Å²) < 4.78 is 5.48. The molecule has 102 valence electrons. The van der Waals surface area contributed by atoms with Crippen LogP contribution in [0.5, 0.6) is 0 Å². The van der Waals surface area contributed by atoms with E-state index >= 15 is 0 Å². The summed E-state index contributed by atoms with van der Waals surface area (Å²) in [7, 11) is 2.22. The molecule has 0 bridgehead atoms. The van der Waals surface area contributed by atoms with Crippen LogP contribution in [0, 0.1) is 0 Å². The normalized spacial score (nSPS) is 22.3. The number of nitrogens with one attached hydrogen (secondary N) is 1. The average Bonchev–Trinajstić information content (AvgIpc) is 2.90. The summed E-state index contributed by atoms with van der Waals surface area (Å²) >= 11 is 1.86. The second kappa shape index (κ2) is 7.24. The molecule has 0 amide bonds. The molecule has 2 rings (SSSR count). The van der Waals surface area contributed by atoms with Crippen molar-refractivity contribution in [1.29, 1.82) is 0 Å². The molecule has 0 saturated carbocycles. The Kier molecular flexibility index (Phi) is 5.63. The first-order valence-electron chi connectivity index (χ1n) is 6.79. The van der Waals surface area contributed by atoms with Crippen LogP contribution in [0.2, 0.25) is 0 Å². The zero-order valence-electron chi connectivity index (χ0n) is 11.4. The summed E-state index contributed by atoms with van der Waals surface area (Å²) in [5, 5.41) is 5.67. The van der Waals surface area contributed by atoms with Crippen LogP contribution in [0.15, 0.2) is 17.5 Å². The van der Waals surface area contributed by atoms with Gasteiger partial charge in [0.2, 0.25) is 0 Å². The fourth-order valence-electron chi connectivity index (χ4n) is 2.26. The van der Waals surface area contributed by atoms with Crippen LogP contribution in [-0.2, 0) is 11.2 Å². The Morgan fingerprint density at radius 1 is 1.61 bits per heavy atom. The predicted molar refractivity (Wildman–Crippen MR) is 77.3 cm³/mol. The van der Waals surface area contributed by atoms with Crippen LogP contribution in [0.4, 0.5) is 0 Å². The molecular formula is C14H24N2OS. The highest BCUT2D eigenvalue weighted by atomic mass is 32.1. The van der Waals surface area contributed by atoms with Gasteiger partial charge in [-0.3, -0.25) is 0 Å². The SMILES string of the molecule is CC(Cc1cccs1)N(C)CCC1COCCN1. The number of nitrogens with zero attached hydrogens (tertiary/aromatic N) is 1. The highest BCUT2D eigenvalue weighted by molar-refractivity contribution is 7.09. The van der Waals surface area contributed by atoms with Gasteiger partial charge in [-0.25, -0.2) is 0 Å². The molecule has 4 heteroatoms. The van der Waals surface area contributed by atoms with Gasteiger partial charge in [0, 0.05) is 23.5 Å². The van der Waals surface area contributed by atoms with Gasteiger partial charge in [-0.1, -0.05) is 6.07 Å². The highest BCUT2D eigenvalue weighted by Gasteiger charge is 2.16. The van der Waals surface area contributed by atoms with E-state index in [1.807, 2.05) is 11.3 Å². The van der Waals surface area contributed by atoms with Gasteiger partial charge in [0.15, 0.2) is 0 Å². The van der Waals surface area contributed by atoms with Gasteiger partial charge in [0.05, 0.1) is 13.2 Å². The molecule has 1 aromatic rings. The van der Waals surface area contributed by atoms with Crippen LogP contribution in [0.25, 0.3) is 0 Å². The third-order valence-electron chi connectivity index (χ3n) is 3.66. The van der Waals surface area contributed by atoms with Gasteiger partial charge < -0.3 is 15.0 Å². The molecule has 0 spiro atoms. The summed E-state index contributed by atoms with van der Waals surface area (Å²) in [6, 6.07) is 5.50. The first kappa shape index (κ1) is 14.0. The van der Waals surface area contributed by atoms with Crippen LogP contribution in [0.3, 0.4) is 0 Å². The van der Waals surface area contributed by atoms with Gasteiger partial charge in [-0.05, 0) is 44.8 Å². The van der Waals surface area contributed by atoms with Crippen molar-refractivity contribution in [1.82, 2.24) is 10.2 Å². The number of thiophene rings is 1. The quantitative estimate of drug-likeness (QED) is 0.854. The number of morpholine rings is 1. The third-order valence-corrected chi connectivity index (χ3v) is 4.56. The maximum absolute atomic E-state index is 5.48. The Hall–Kier alpha value is -0.420. The second-order valence-electron chi connectivity index (χ2n) is 5.13. The Bertz CT molecular complexity index is 323. The van der Waals surface area contributed by atoms with Gasteiger partial charge in [-0.2, -0.15) is 0 Å². The summed E-state index contributed by atoms with van der Waals surface area (Å²) in [5.41, 5.74) is 0. The van der Waals surface area contributed by atoms with Crippen molar-refractivity contribution in [3.05, 3.63) is 22.4 Å². The van der Waals surface area contributed by atoms with E-state index in [0.29, 0.717) is 12.1 Å². The molecule has 2 atom stereocenters. The van der Waals surface area contributed by atoms with E-state index in [-0.39, 0.29) is 0 Å².